The number of rotatable bonds is 2. The lowest BCUT2D eigenvalue weighted by Gasteiger charge is -2.06. The summed E-state index contributed by atoms with van der Waals surface area (Å²) in [6, 6.07) is 4.80. The molecule has 0 saturated heterocycles. The average Bonchev–Trinajstić information content (AvgIpc) is 1.96. The molecule has 0 spiro atoms. The molecule has 1 atom stereocenters. The van der Waals surface area contributed by atoms with E-state index in [-0.39, 0.29) is 5.75 Å². The van der Waals surface area contributed by atoms with Crippen molar-refractivity contribution in [1.82, 2.24) is 0 Å². The highest BCUT2D eigenvalue weighted by molar-refractivity contribution is 6.30. The third-order valence-electron chi connectivity index (χ3n) is 1.56. The minimum absolute atomic E-state index is 0.181. The quantitative estimate of drug-likeness (QED) is 0.742. The molecule has 0 bridgehead atoms. The Hall–Kier alpha value is -0.730. The van der Waals surface area contributed by atoms with Gasteiger partial charge in [0.1, 0.15) is 5.75 Å². The molecule has 0 heterocycles. The number of hydrogen-bond acceptors (Lipinski definition) is 2. The lowest BCUT2D eigenvalue weighted by Crippen LogP contribution is -2.04. The van der Waals surface area contributed by atoms with E-state index in [0.717, 1.165) is 0 Å². The molecule has 0 aliphatic carbocycles. The highest BCUT2D eigenvalue weighted by atomic mass is 35.5. The van der Waals surface area contributed by atoms with Crippen LogP contribution in [0.4, 0.5) is 0 Å². The number of aliphatic hydroxyl groups is 1. The van der Waals surface area contributed by atoms with Crippen LogP contribution in [0.5, 0.6) is 5.75 Å². The Balaban J connectivity index is 2.90. The molecule has 2 nitrogen and oxygen atoms in total. The molecule has 2 N–H and O–H groups in total. The van der Waals surface area contributed by atoms with Gasteiger partial charge >= 0.3 is 0 Å². The molecule has 0 radical (unpaired) electrons. The molecule has 12 heavy (non-hydrogen) atoms. The molecular formula is C9H11ClO2. The second-order valence-electron chi connectivity index (χ2n) is 2.83. The lowest BCUT2D eigenvalue weighted by atomic mass is 10.1. The third kappa shape index (κ3) is 2.40. The highest BCUT2D eigenvalue weighted by Gasteiger charge is 2.04. The van der Waals surface area contributed by atoms with Gasteiger partial charge in [-0.15, -0.1) is 0 Å². The Morgan fingerprint density at radius 3 is 2.75 bits per heavy atom. The van der Waals surface area contributed by atoms with Crippen molar-refractivity contribution < 1.29 is 10.2 Å². The SMILES string of the molecule is C[C@@H](O)Cc1cc(Cl)ccc1O. The summed E-state index contributed by atoms with van der Waals surface area (Å²) >= 11 is 5.71. The molecule has 0 amide bonds. The van der Waals surface area contributed by atoms with Gasteiger partial charge in [0.15, 0.2) is 0 Å². The summed E-state index contributed by atoms with van der Waals surface area (Å²) in [4.78, 5) is 0. The largest absolute Gasteiger partial charge is 0.508 e. The number of hydrogen-bond donors (Lipinski definition) is 2. The second-order valence-corrected chi connectivity index (χ2v) is 3.26. The van der Waals surface area contributed by atoms with E-state index in [2.05, 4.69) is 0 Å². The molecule has 1 aromatic rings. The minimum Gasteiger partial charge on any atom is -0.508 e. The summed E-state index contributed by atoms with van der Waals surface area (Å²) in [5, 5.41) is 19.0. The summed E-state index contributed by atoms with van der Waals surface area (Å²) in [7, 11) is 0. The Labute approximate surface area is 76.4 Å². The van der Waals surface area contributed by atoms with Crippen LogP contribution >= 0.6 is 11.6 Å². The van der Waals surface area contributed by atoms with Crippen molar-refractivity contribution in [2.24, 2.45) is 0 Å². The van der Waals surface area contributed by atoms with Crippen LogP contribution in [0.15, 0.2) is 18.2 Å². The molecule has 0 fully saturated rings. The Kier molecular flexibility index (Phi) is 2.95. The average molecular weight is 187 g/mol. The molecule has 1 aromatic carbocycles. The van der Waals surface area contributed by atoms with E-state index in [1.807, 2.05) is 0 Å². The molecule has 3 heteroatoms. The van der Waals surface area contributed by atoms with Crippen molar-refractivity contribution in [1.29, 1.82) is 0 Å². The van der Waals surface area contributed by atoms with Crippen LogP contribution in [0, 0.1) is 0 Å². The first kappa shape index (κ1) is 9.36. The van der Waals surface area contributed by atoms with E-state index < -0.39 is 6.10 Å². The van der Waals surface area contributed by atoms with Crippen molar-refractivity contribution in [2.75, 3.05) is 0 Å². The van der Waals surface area contributed by atoms with Crippen LogP contribution in [0.2, 0.25) is 5.02 Å². The first-order chi connectivity index (χ1) is 5.59. The number of aromatic hydroxyl groups is 1. The van der Waals surface area contributed by atoms with Crippen molar-refractivity contribution in [3.8, 4) is 5.75 Å². The first-order valence-electron chi connectivity index (χ1n) is 3.75. The van der Waals surface area contributed by atoms with Crippen LogP contribution in [0.3, 0.4) is 0 Å². The Bertz CT molecular complexity index is 271. The molecule has 0 aliphatic heterocycles. The van der Waals surface area contributed by atoms with Crippen LogP contribution < -0.4 is 0 Å². The van der Waals surface area contributed by atoms with Crippen molar-refractivity contribution in [2.45, 2.75) is 19.4 Å². The molecule has 1 rings (SSSR count). The molecular weight excluding hydrogens is 176 g/mol. The smallest absolute Gasteiger partial charge is 0.118 e. The fourth-order valence-corrected chi connectivity index (χ4v) is 1.23. The van der Waals surface area contributed by atoms with Gasteiger partial charge in [-0.05, 0) is 30.7 Å². The molecule has 0 aliphatic rings. The summed E-state index contributed by atoms with van der Waals surface area (Å²) in [5.74, 6) is 0.181. The standard InChI is InChI=1S/C9H11ClO2/c1-6(11)4-7-5-8(10)2-3-9(7)12/h2-3,5-6,11-12H,4H2,1H3/t6-/m1/s1. The summed E-state index contributed by atoms with van der Waals surface area (Å²) < 4.78 is 0. The highest BCUT2D eigenvalue weighted by Crippen LogP contribution is 2.22. The molecule has 0 unspecified atom stereocenters. The number of phenolic OH excluding ortho intramolecular Hbond substituents is 1. The zero-order valence-electron chi connectivity index (χ0n) is 6.79. The number of phenols is 1. The third-order valence-corrected chi connectivity index (χ3v) is 1.79. The Morgan fingerprint density at radius 2 is 2.17 bits per heavy atom. The summed E-state index contributed by atoms with van der Waals surface area (Å²) in [6.07, 6.45) is -0.0405. The fraction of sp³-hybridized carbons (Fsp3) is 0.333. The second kappa shape index (κ2) is 3.78. The number of benzene rings is 1. The zero-order chi connectivity index (χ0) is 9.14. The molecule has 66 valence electrons. The van der Waals surface area contributed by atoms with E-state index in [1.165, 1.54) is 6.07 Å². The van der Waals surface area contributed by atoms with Gasteiger partial charge in [0.25, 0.3) is 0 Å². The Morgan fingerprint density at radius 1 is 1.50 bits per heavy atom. The molecule has 0 aromatic heterocycles. The summed E-state index contributed by atoms with van der Waals surface area (Å²) in [6.45, 7) is 1.67. The van der Waals surface area contributed by atoms with Crippen LogP contribution in [-0.4, -0.2) is 16.3 Å². The number of aliphatic hydroxyl groups excluding tert-OH is 1. The van der Waals surface area contributed by atoms with E-state index in [4.69, 9.17) is 16.7 Å². The fourth-order valence-electron chi connectivity index (χ4n) is 1.04. The van der Waals surface area contributed by atoms with E-state index in [9.17, 15) is 5.11 Å². The maximum atomic E-state index is 9.31. The van der Waals surface area contributed by atoms with E-state index in [0.29, 0.717) is 17.0 Å². The molecule has 0 saturated carbocycles. The topological polar surface area (TPSA) is 40.5 Å². The lowest BCUT2D eigenvalue weighted by molar-refractivity contribution is 0.194. The van der Waals surface area contributed by atoms with Gasteiger partial charge in [0.2, 0.25) is 0 Å². The summed E-state index contributed by atoms with van der Waals surface area (Å²) in [5.41, 5.74) is 0.678. The van der Waals surface area contributed by atoms with Gasteiger partial charge in [0.05, 0.1) is 6.10 Å². The van der Waals surface area contributed by atoms with Gasteiger partial charge in [-0.25, -0.2) is 0 Å². The van der Waals surface area contributed by atoms with Gasteiger partial charge in [-0.2, -0.15) is 0 Å². The van der Waals surface area contributed by atoms with Crippen molar-refractivity contribution >= 4 is 11.6 Å². The van der Waals surface area contributed by atoms with Crippen molar-refractivity contribution in [3.63, 3.8) is 0 Å². The van der Waals surface area contributed by atoms with Gasteiger partial charge < -0.3 is 10.2 Å². The van der Waals surface area contributed by atoms with Crippen molar-refractivity contribution in [3.05, 3.63) is 28.8 Å². The first-order valence-corrected chi connectivity index (χ1v) is 4.13. The van der Waals surface area contributed by atoms with Gasteiger partial charge in [0, 0.05) is 11.4 Å². The van der Waals surface area contributed by atoms with Crippen LogP contribution in [0.1, 0.15) is 12.5 Å². The minimum atomic E-state index is -0.464. The monoisotopic (exact) mass is 186 g/mol. The number of halogens is 1. The van der Waals surface area contributed by atoms with Crippen LogP contribution in [-0.2, 0) is 6.42 Å². The predicted molar refractivity (Wildman–Crippen MR) is 48.5 cm³/mol. The van der Waals surface area contributed by atoms with Crippen LogP contribution in [0.25, 0.3) is 0 Å². The normalized spacial score (nSPS) is 12.9. The van der Waals surface area contributed by atoms with E-state index in [1.54, 1.807) is 19.1 Å². The maximum Gasteiger partial charge on any atom is 0.118 e. The predicted octanol–water partition coefficient (Wildman–Crippen LogP) is 1.97. The maximum absolute atomic E-state index is 9.31. The zero-order valence-corrected chi connectivity index (χ0v) is 7.54. The van der Waals surface area contributed by atoms with Gasteiger partial charge in [-0.3, -0.25) is 0 Å². The van der Waals surface area contributed by atoms with E-state index >= 15 is 0 Å². The van der Waals surface area contributed by atoms with Gasteiger partial charge in [-0.1, -0.05) is 11.6 Å².